The van der Waals surface area contributed by atoms with Crippen molar-refractivity contribution in [3.63, 3.8) is 0 Å². The zero-order valence-corrected chi connectivity index (χ0v) is 13.7. The second-order valence-corrected chi connectivity index (χ2v) is 5.81. The van der Waals surface area contributed by atoms with Crippen LogP contribution in [0.4, 0.5) is 24.5 Å². The fourth-order valence-electron chi connectivity index (χ4n) is 2.86. The van der Waals surface area contributed by atoms with E-state index in [2.05, 4.69) is 0 Å². The molecular formula is C19H15F3N2O2. The van der Waals surface area contributed by atoms with Gasteiger partial charge in [-0.05, 0) is 23.6 Å². The van der Waals surface area contributed by atoms with Crippen LogP contribution in [0, 0.1) is 0 Å². The molecule has 0 unspecified atom stereocenters. The first-order valence-corrected chi connectivity index (χ1v) is 7.65. The summed E-state index contributed by atoms with van der Waals surface area (Å²) in [4.78, 5) is 12.1. The predicted molar refractivity (Wildman–Crippen MR) is 94.9 cm³/mol. The number of benzene rings is 3. The van der Waals surface area contributed by atoms with Crippen LogP contribution in [0.2, 0.25) is 0 Å². The molecule has 0 saturated carbocycles. The molecule has 0 heterocycles. The van der Waals surface area contributed by atoms with E-state index in [1.54, 1.807) is 24.3 Å². The normalized spacial score (nSPS) is 11.5. The number of rotatable bonds is 2. The van der Waals surface area contributed by atoms with Crippen LogP contribution in [0.3, 0.4) is 0 Å². The van der Waals surface area contributed by atoms with E-state index < -0.39 is 12.1 Å². The van der Waals surface area contributed by atoms with E-state index in [9.17, 15) is 23.1 Å². The number of fused-ring (bicyclic) bond motifs is 1. The summed E-state index contributed by atoms with van der Waals surface area (Å²) in [5.41, 5.74) is 7.22. The number of phenols is 1. The molecule has 0 spiro atoms. The van der Waals surface area contributed by atoms with E-state index in [1.165, 1.54) is 18.2 Å². The van der Waals surface area contributed by atoms with Crippen molar-refractivity contribution < 1.29 is 23.1 Å². The number of carbonyl (C=O) groups excluding carboxylic acids is 1. The minimum atomic E-state index is -5.02. The molecule has 1 amide bonds. The highest BCUT2D eigenvalue weighted by atomic mass is 19.4. The number of nitrogens with zero attached hydrogens (tertiary/aromatic N) is 1. The van der Waals surface area contributed by atoms with Crippen molar-refractivity contribution >= 4 is 28.1 Å². The molecule has 7 heteroatoms. The van der Waals surface area contributed by atoms with E-state index >= 15 is 0 Å². The molecule has 0 aliphatic carbocycles. The molecule has 0 fully saturated rings. The Morgan fingerprint density at radius 2 is 1.73 bits per heavy atom. The maximum Gasteiger partial charge on any atom is 0.471 e. The summed E-state index contributed by atoms with van der Waals surface area (Å²) in [6.45, 7) is 0. The lowest BCUT2D eigenvalue weighted by atomic mass is 9.96. The number of hydrogen-bond donors (Lipinski definition) is 2. The molecule has 3 aromatic carbocycles. The van der Waals surface area contributed by atoms with Gasteiger partial charge < -0.3 is 15.7 Å². The van der Waals surface area contributed by atoms with E-state index in [-0.39, 0.29) is 17.0 Å². The summed E-state index contributed by atoms with van der Waals surface area (Å²) >= 11 is 0. The smallest absolute Gasteiger partial charge is 0.471 e. The highest BCUT2D eigenvalue weighted by Gasteiger charge is 2.42. The molecule has 0 aliphatic heterocycles. The second-order valence-electron chi connectivity index (χ2n) is 5.81. The number of nitrogen functional groups attached to an aromatic ring is 1. The monoisotopic (exact) mass is 360 g/mol. The van der Waals surface area contributed by atoms with Crippen molar-refractivity contribution in [3.8, 4) is 16.9 Å². The topological polar surface area (TPSA) is 66.6 Å². The molecule has 3 aromatic rings. The van der Waals surface area contributed by atoms with Crippen molar-refractivity contribution in [2.75, 3.05) is 17.7 Å². The molecule has 134 valence electrons. The lowest BCUT2D eigenvalue weighted by Gasteiger charge is -2.23. The van der Waals surface area contributed by atoms with Gasteiger partial charge in [0.05, 0.1) is 5.69 Å². The average Bonchev–Trinajstić information content (AvgIpc) is 2.60. The van der Waals surface area contributed by atoms with Crippen molar-refractivity contribution in [1.29, 1.82) is 0 Å². The molecule has 0 aliphatic rings. The second kappa shape index (κ2) is 6.25. The highest BCUT2D eigenvalue weighted by Crippen LogP contribution is 2.40. The first kappa shape index (κ1) is 17.6. The Morgan fingerprint density at radius 3 is 2.42 bits per heavy atom. The Balaban J connectivity index is 2.21. The molecule has 0 atom stereocenters. The highest BCUT2D eigenvalue weighted by molar-refractivity contribution is 6.05. The van der Waals surface area contributed by atoms with Crippen LogP contribution in [0.15, 0.2) is 54.6 Å². The standard InChI is InChI=1S/C19H15F3N2O2/c1-24(18(26)19(20,21)22)16-9-7-12(25)10-15(16)14-8-6-11-4-2-3-5-13(11)17(14)23/h2-10,25H,23H2,1H3. The molecule has 4 nitrogen and oxygen atoms in total. The van der Waals surface area contributed by atoms with Gasteiger partial charge in [0.2, 0.25) is 0 Å². The van der Waals surface area contributed by atoms with Gasteiger partial charge in [-0.25, -0.2) is 0 Å². The molecule has 3 rings (SSSR count). The van der Waals surface area contributed by atoms with Gasteiger partial charge in [0.15, 0.2) is 0 Å². The van der Waals surface area contributed by atoms with E-state index in [4.69, 9.17) is 5.73 Å². The number of alkyl halides is 3. The summed E-state index contributed by atoms with van der Waals surface area (Å²) in [6, 6.07) is 14.5. The number of aromatic hydroxyl groups is 1. The molecule has 0 bridgehead atoms. The summed E-state index contributed by atoms with van der Waals surface area (Å²) in [6.07, 6.45) is -5.02. The van der Waals surface area contributed by atoms with Crippen LogP contribution in [-0.4, -0.2) is 24.2 Å². The van der Waals surface area contributed by atoms with E-state index in [0.29, 0.717) is 16.2 Å². The first-order valence-electron chi connectivity index (χ1n) is 7.65. The largest absolute Gasteiger partial charge is 0.508 e. The maximum absolute atomic E-state index is 12.8. The van der Waals surface area contributed by atoms with Crippen LogP contribution in [0.1, 0.15) is 0 Å². The number of anilines is 2. The van der Waals surface area contributed by atoms with Gasteiger partial charge in [0.1, 0.15) is 5.75 Å². The summed E-state index contributed by atoms with van der Waals surface area (Å²) in [5.74, 6) is -2.16. The Labute approximate surface area is 147 Å². The minimum Gasteiger partial charge on any atom is -0.508 e. The van der Waals surface area contributed by atoms with Gasteiger partial charge in [0, 0.05) is 29.2 Å². The van der Waals surface area contributed by atoms with Crippen molar-refractivity contribution in [3.05, 3.63) is 54.6 Å². The van der Waals surface area contributed by atoms with Gasteiger partial charge in [0.25, 0.3) is 0 Å². The van der Waals surface area contributed by atoms with Crippen molar-refractivity contribution in [2.45, 2.75) is 6.18 Å². The lowest BCUT2D eigenvalue weighted by Crippen LogP contribution is -2.38. The number of phenolic OH excluding ortho intramolecular Hbond substituents is 1. The minimum absolute atomic E-state index is 0.00731. The maximum atomic E-state index is 12.8. The molecule has 26 heavy (non-hydrogen) atoms. The van der Waals surface area contributed by atoms with Crippen LogP contribution < -0.4 is 10.6 Å². The zero-order valence-electron chi connectivity index (χ0n) is 13.7. The number of halogens is 3. The fraction of sp³-hybridized carbons (Fsp3) is 0.105. The predicted octanol–water partition coefficient (Wildman–Crippen LogP) is 4.32. The number of hydrogen-bond acceptors (Lipinski definition) is 3. The van der Waals surface area contributed by atoms with Gasteiger partial charge in [-0.15, -0.1) is 0 Å². The van der Waals surface area contributed by atoms with Crippen molar-refractivity contribution in [2.24, 2.45) is 0 Å². The Bertz CT molecular complexity index is 1000. The van der Waals surface area contributed by atoms with Crippen LogP contribution in [0.25, 0.3) is 21.9 Å². The average molecular weight is 360 g/mol. The summed E-state index contributed by atoms with van der Waals surface area (Å²) in [7, 11) is 1.03. The van der Waals surface area contributed by atoms with Gasteiger partial charge in [-0.1, -0.05) is 36.4 Å². The Hall–Kier alpha value is -3.22. The number of amides is 1. The first-order chi connectivity index (χ1) is 12.2. The van der Waals surface area contributed by atoms with Crippen molar-refractivity contribution in [1.82, 2.24) is 0 Å². The molecule has 3 N–H and O–H groups in total. The Morgan fingerprint density at radius 1 is 1.04 bits per heavy atom. The van der Waals surface area contributed by atoms with Crippen LogP contribution in [0.5, 0.6) is 5.75 Å². The van der Waals surface area contributed by atoms with Gasteiger partial charge in [-0.2, -0.15) is 13.2 Å². The van der Waals surface area contributed by atoms with E-state index in [0.717, 1.165) is 17.8 Å². The summed E-state index contributed by atoms with van der Waals surface area (Å²) in [5, 5.41) is 11.4. The lowest BCUT2D eigenvalue weighted by molar-refractivity contribution is -0.170. The molecule has 0 saturated heterocycles. The van der Waals surface area contributed by atoms with Crippen LogP contribution >= 0.6 is 0 Å². The third-order valence-corrected chi connectivity index (χ3v) is 4.15. The third-order valence-electron chi connectivity index (χ3n) is 4.15. The number of nitrogens with two attached hydrogens (primary N) is 1. The summed E-state index contributed by atoms with van der Waals surface area (Å²) < 4.78 is 38.5. The fourth-order valence-corrected chi connectivity index (χ4v) is 2.86. The molecule has 0 radical (unpaired) electrons. The zero-order chi connectivity index (χ0) is 19.1. The van der Waals surface area contributed by atoms with Gasteiger partial charge in [-0.3, -0.25) is 4.79 Å². The molecule has 0 aromatic heterocycles. The molecular weight excluding hydrogens is 345 g/mol. The van der Waals surface area contributed by atoms with Gasteiger partial charge >= 0.3 is 12.1 Å². The van der Waals surface area contributed by atoms with Crippen LogP contribution in [-0.2, 0) is 4.79 Å². The SMILES string of the molecule is CN(C(=O)C(F)(F)F)c1ccc(O)cc1-c1ccc2ccccc2c1N. The quantitative estimate of drug-likeness (QED) is 0.669. The Kier molecular flexibility index (Phi) is 4.23. The third kappa shape index (κ3) is 3.03. The number of carbonyl (C=O) groups is 1. The van der Waals surface area contributed by atoms with E-state index in [1.807, 2.05) is 12.1 Å².